The lowest BCUT2D eigenvalue weighted by atomic mass is 10.2. The molecule has 0 radical (unpaired) electrons. The van der Waals surface area contributed by atoms with Crippen LogP contribution in [0.5, 0.6) is 11.5 Å². The number of anilines is 3. The molecule has 0 bridgehead atoms. The minimum atomic E-state index is -0.191. The zero-order valence-corrected chi connectivity index (χ0v) is 16.1. The number of nitrogens with one attached hydrogen (secondary N) is 3. The molecule has 0 heterocycles. The molecule has 144 valence electrons. The standard InChI is InChI=1S/C19H22ClN3O4/c1-12(24)22-14-6-4-5-13(9-14)21-8-7-19(25)23-16-11-17(26-2)15(20)10-18(16)27-3/h4-6,9-11,21H,7-8H2,1-3H3,(H,22,24)(H,23,25). The Morgan fingerprint density at radius 2 is 1.70 bits per heavy atom. The first kappa shape index (κ1) is 20.4. The first-order valence-electron chi connectivity index (χ1n) is 8.26. The fourth-order valence-corrected chi connectivity index (χ4v) is 2.63. The average Bonchev–Trinajstić information content (AvgIpc) is 2.62. The van der Waals surface area contributed by atoms with Crippen LogP contribution in [0.4, 0.5) is 17.1 Å². The predicted molar refractivity (Wildman–Crippen MR) is 107 cm³/mol. The van der Waals surface area contributed by atoms with Crippen LogP contribution in [0.25, 0.3) is 0 Å². The normalized spacial score (nSPS) is 10.1. The second-order valence-corrected chi connectivity index (χ2v) is 6.08. The number of methoxy groups -OCH3 is 2. The third-order valence-corrected chi connectivity index (χ3v) is 3.91. The Labute approximate surface area is 163 Å². The summed E-state index contributed by atoms with van der Waals surface area (Å²) in [6, 6.07) is 10.5. The van der Waals surface area contributed by atoms with Gasteiger partial charge < -0.3 is 25.4 Å². The summed E-state index contributed by atoms with van der Waals surface area (Å²) in [5.74, 6) is 0.563. The Bertz CT molecular complexity index is 827. The van der Waals surface area contributed by atoms with E-state index in [0.29, 0.717) is 34.4 Å². The molecule has 27 heavy (non-hydrogen) atoms. The zero-order chi connectivity index (χ0) is 19.8. The second-order valence-electron chi connectivity index (χ2n) is 5.67. The van der Waals surface area contributed by atoms with Crippen molar-refractivity contribution in [2.75, 3.05) is 36.7 Å². The van der Waals surface area contributed by atoms with Crippen molar-refractivity contribution >= 4 is 40.5 Å². The largest absolute Gasteiger partial charge is 0.495 e. The van der Waals surface area contributed by atoms with E-state index < -0.39 is 0 Å². The molecule has 2 rings (SSSR count). The van der Waals surface area contributed by atoms with Crippen LogP contribution in [0.15, 0.2) is 36.4 Å². The number of hydrogen-bond acceptors (Lipinski definition) is 5. The fraction of sp³-hybridized carbons (Fsp3) is 0.263. The first-order valence-corrected chi connectivity index (χ1v) is 8.63. The van der Waals surface area contributed by atoms with Gasteiger partial charge in [-0.05, 0) is 18.2 Å². The van der Waals surface area contributed by atoms with Crippen molar-refractivity contribution in [3.63, 3.8) is 0 Å². The van der Waals surface area contributed by atoms with Crippen molar-refractivity contribution in [2.24, 2.45) is 0 Å². The van der Waals surface area contributed by atoms with Crippen molar-refractivity contribution < 1.29 is 19.1 Å². The second kappa shape index (κ2) is 9.68. The third-order valence-electron chi connectivity index (χ3n) is 3.61. The van der Waals surface area contributed by atoms with E-state index in [2.05, 4.69) is 16.0 Å². The van der Waals surface area contributed by atoms with Crippen LogP contribution in [-0.2, 0) is 9.59 Å². The van der Waals surface area contributed by atoms with Gasteiger partial charge in [0.2, 0.25) is 11.8 Å². The summed E-state index contributed by atoms with van der Waals surface area (Å²) in [5.41, 5.74) is 1.98. The lowest BCUT2D eigenvalue weighted by Crippen LogP contribution is -2.17. The molecule has 2 aromatic carbocycles. The van der Waals surface area contributed by atoms with E-state index in [1.54, 1.807) is 24.3 Å². The molecule has 3 N–H and O–H groups in total. The summed E-state index contributed by atoms with van der Waals surface area (Å²) in [4.78, 5) is 23.3. The zero-order valence-electron chi connectivity index (χ0n) is 15.4. The van der Waals surface area contributed by atoms with Crippen molar-refractivity contribution in [3.05, 3.63) is 41.4 Å². The quantitative estimate of drug-likeness (QED) is 0.637. The predicted octanol–water partition coefficient (Wildman–Crippen LogP) is 3.76. The molecule has 0 unspecified atom stereocenters. The molecular formula is C19H22ClN3O4. The summed E-state index contributed by atoms with van der Waals surface area (Å²) < 4.78 is 10.4. The van der Waals surface area contributed by atoms with Crippen LogP contribution in [0.3, 0.4) is 0 Å². The maximum atomic E-state index is 12.2. The van der Waals surface area contributed by atoms with E-state index >= 15 is 0 Å². The Morgan fingerprint density at radius 3 is 2.37 bits per heavy atom. The summed E-state index contributed by atoms with van der Waals surface area (Å²) in [6.45, 7) is 1.87. The van der Waals surface area contributed by atoms with Crippen LogP contribution in [0.1, 0.15) is 13.3 Å². The topological polar surface area (TPSA) is 88.7 Å². The highest BCUT2D eigenvalue weighted by Gasteiger charge is 2.12. The van der Waals surface area contributed by atoms with Crippen LogP contribution in [0.2, 0.25) is 5.02 Å². The highest BCUT2D eigenvalue weighted by Crippen LogP contribution is 2.35. The van der Waals surface area contributed by atoms with E-state index in [1.807, 2.05) is 12.1 Å². The van der Waals surface area contributed by atoms with Crippen molar-refractivity contribution in [1.29, 1.82) is 0 Å². The van der Waals surface area contributed by atoms with Gasteiger partial charge in [-0.25, -0.2) is 0 Å². The molecule has 0 atom stereocenters. The highest BCUT2D eigenvalue weighted by molar-refractivity contribution is 6.32. The van der Waals surface area contributed by atoms with E-state index in [9.17, 15) is 9.59 Å². The minimum Gasteiger partial charge on any atom is -0.495 e. The molecule has 0 aliphatic heterocycles. The molecule has 2 amide bonds. The number of rotatable bonds is 8. The minimum absolute atomic E-state index is 0.140. The summed E-state index contributed by atoms with van der Waals surface area (Å²) >= 11 is 6.06. The van der Waals surface area contributed by atoms with Crippen molar-refractivity contribution in [3.8, 4) is 11.5 Å². The molecule has 7 nitrogen and oxygen atoms in total. The van der Waals surface area contributed by atoms with Gasteiger partial charge in [-0.1, -0.05) is 17.7 Å². The van der Waals surface area contributed by atoms with E-state index in [0.717, 1.165) is 5.69 Å². The van der Waals surface area contributed by atoms with Crippen LogP contribution < -0.4 is 25.4 Å². The molecule has 0 aromatic heterocycles. The summed E-state index contributed by atoms with van der Waals surface area (Å²) in [6.07, 6.45) is 0.235. The molecule has 2 aromatic rings. The number of amides is 2. The monoisotopic (exact) mass is 391 g/mol. The Balaban J connectivity index is 1.92. The summed E-state index contributed by atoms with van der Waals surface area (Å²) in [7, 11) is 3.00. The fourth-order valence-electron chi connectivity index (χ4n) is 2.40. The van der Waals surface area contributed by atoms with Crippen LogP contribution >= 0.6 is 11.6 Å². The molecule has 0 fully saturated rings. The number of benzene rings is 2. The van der Waals surface area contributed by atoms with Crippen LogP contribution in [-0.4, -0.2) is 32.6 Å². The Morgan fingerprint density at radius 1 is 1.00 bits per heavy atom. The van der Waals surface area contributed by atoms with E-state index in [-0.39, 0.29) is 18.2 Å². The molecule has 0 spiro atoms. The van der Waals surface area contributed by atoms with Gasteiger partial charge in [-0.15, -0.1) is 0 Å². The Kier molecular flexibility index (Phi) is 7.31. The first-order chi connectivity index (χ1) is 12.9. The average molecular weight is 392 g/mol. The van der Waals surface area contributed by atoms with E-state index in [4.69, 9.17) is 21.1 Å². The van der Waals surface area contributed by atoms with Gasteiger partial charge in [0.05, 0.1) is 24.9 Å². The lowest BCUT2D eigenvalue weighted by Gasteiger charge is -2.13. The van der Waals surface area contributed by atoms with Crippen molar-refractivity contribution in [2.45, 2.75) is 13.3 Å². The van der Waals surface area contributed by atoms with Gasteiger partial charge in [0.15, 0.2) is 0 Å². The number of carbonyl (C=O) groups is 2. The summed E-state index contributed by atoms with van der Waals surface area (Å²) in [5, 5.41) is 9.04. The number of carbonyl (C=O) groups excluding carboxylic acids is 2. The van der Waals surface area contributed by atoms with Gasteiger partial charge in [-0.2, -0.15) is 0 Å². The number of hydrogen-bond donors (Lipinski definition) is 3. The van der Waals surface area contributed by atoms with Crippen LogP contribution in [0, 0.1) is 0 Å². The SMILES string of the molecule is COc1cc(NC(=O)CCNc2cccc(NC(C)=O)c2)c(OC)cc1Cl. The molecule has 0 saturated heterocycles. The van der Waals surface area contributed by atoms with Gasteiger partial charge in [0.25, 0.3) is 0 Å². The lowest BCUT2D eigenvalue weighted by molar-refractivity contribution is -0.116. The third kappa shape index (κ3) is 6.07. The van der Waals surface area contributed by atoms with Gasteiger partial charge >= 0.3 is 0 Å². The highest BCUT2D eigenvalue weighted by atomic mass is 35.5. The maximum Gasteiger partial charge on any atom is 0.226 e. The number of ether oxygens (including phenoxy) is 2. The molecule has 0 aliphatic rings. The number of halogens is 1. The maximum absolute atomic E-state index is 12.2. The van der Waals surface area contributed by atoms with Gasteiger partial charge in [0, 0.05) is 43.4 Å². The smallest absolute Gasteiger partial charge is 0.226 e. The molecule has 0 saturated carbocycles. The van der Waals surface area contributed by atoms with E-state index in [1.165, 1.54) is 21.1 Å². The van der Waals surface area contributed by atoms with Gasteiger partial charge in [-0.3, -0.25) is 9.59 Å². The molecular weight excluding hydrogens is 370 g/mol. The molecule has 8 heteroatoms. The Hall–Kier alpha value is -2.93. The van der Waals surface area contributed by atoms with Gasteiger partial charge in [0.1, 0.15) is 11.5 Å². The van der Waals surface area contributed by atoms with Crippen molar-refractivity contribution in [1.82, 2.24) is 0 Å². The molecule has 0 aliphatic carbocycles.